The highest BCUT2D eigenvalue weighted by Crippen LogP contribution is 2.16. The standard InChI is InChI=1S/C45H87NO8/c1-6-8-10-12-13-14-15-16-17-18-19-20-21-22-23-24-25-26-27-28-29-30-32-34-36-43(48)54-41(39-52-42(47)35-33-31-11-9-7-2)40-53-45(44(49)50)51-38-37-46(3,4)5/h41,45H,6-40H2,1-5H3. The maximum absolute atomic E-state index is 12.7. The summed E-state index contributed by atoms with van der Waals surface area (Å²) in [6, 6.07) is 0. The Morgan fingerprint density at radius 2 is 0.833 bits per heavy atom. The Labute approximate surface area is 332 Å². The topological polar surface area (TPSA) is 111 Å². The third-order valence-electron chi connectivity index (χ3n) is 10.1. The van der Waals surface area contributed by atoms with E-state index in [-0.39, 0.29) is 32.2 Å². The molecule has 0 aliphatic rings. The molecule has 0 aromatic heterocycles. The molecule has 54 heavy (non-hydrogen) atoms. The second kappa shape index (κ2) is 38.2. The molecule has 9 nitrogen and oxygen atoms in total. The number of rotatable bonds is 42. The van der Waals surface area contributed by atoms with Crippen LogP contribution in [0, 0.1) is 0 Å². The summed E-state index contributed by atoms with van der Waals surface area (Å²) in [5, 5.41) is 11.6. The van der Waals surface area contributed by atoms with E-state index in [1.165, 1.54) is 135 Å². The Balaban J connectivity index is 4.07. The van der Waals surface area contributed by atoms with Crippen molar-refractivity contribution in [3.63, 3.8) is 0 Å². The zero-order chi connectivity index (χ0) is 40.0. The summed E-state index contributed by atoms with van der Waals surface area (Å²) in [7, 11) is 5.90. The Morgan fingerprint density at radius 3 is 1.19 bits per heavy atom. The summed E-state index contributed by atoms with van der Waals surface area (Å²) in [6.45, 7) is 4.67. The van der Waals surface area contributed by atoms with Crippen LogP contribution in [0.1, 0.15) is 213 Å². The molecule has 0 saturated carbocycles. The third-order valence-corrected chi connectivity index (χ3v) is 10.1. The molecule has 0 fully saturated rings. The van der Waals surface area contributed by atoms with Crippen molar-refractivity contribution >= 4 is 17.9 Å². The highest BCUT2D eigenvalue weighted by Gasteiger charge is 2.21. The van der Waals surface area contributed by atoms with Crippen molar-refractivity contribution in [2.75, 3.05) is 47.5 Å². The summed E-state index contributed by atoms with van der Waals surface area (Å²) in [5.74, 6) is -2.28. The molecular formula is C45H87NO8. The van der Waals surface area contributed by atoms with Crippen molar-refractivity contribution in [1.82, 2.24) is 0 Å². The molecule has 2 unspecified atom stereocenters. The van der Waals surface area contributed by atoms with Crippen molar-refractivity contribution < 1.29 is 42.9 Å². The first-order chi connectivity index (χ1) is 26.1. The van der Waals surface area contributed by atoms with Crippen LogP contribution in [0.2, 0.25) is 0 Å². The fraction of sp³-hybridized carbons (Fsp3) is 0.933. The fourth-order valence-corrected chi connectivity index (χ4v) is 6.54. The van der Waals surface area contributed by atoms with Crippen LogP contribution in [0.4, 0.5) is 0 Å². The molecule has 0 aromatic rings. The van der Waals surface area contributed by atoms with E-state index in [9.17, 15) is 19.5 Å². The van der Waals surface area contributed by atoms with Gasteiger partial charge in [0.15, 0.2) is 12.4 Å². The van der Waals surface area contributed by atoms with Crippen LogP contribution in [0.5, 0.6) is 0 Å². The van der Waals surface area contributed by atoms with Gasteiger partial charge in [-0.3, -0.25) is 9.59 Å². The summed E-state index contributed by atoms with van der Waals surface area (Å²) in [6.07, 6.45) is 34.8. The second-order valence-electron chi connectivity index (χ2n) is 16.7. The van der Waals surface area contributed by atoms with Gasteiger partial charge >= 0.3 is 11.9 Å². The average molecular weight is 770 g/mol. The number of carboxylic acid groups (broad SMARTS) is 1. The number of unbranched alkanes of at least 4 members (excludes halogenated alkanes) is 27. The quantitative estimate of drug-likeness (QED) is 0.0261. The van der Waals surface area contributed by atoms with E-state index in [0.29, 0.717) is 17.4 Å². The Bertz CT molecular complexity index is 861. The molecule has 0 radical (unpaired) electrons. The second-order valence-corrected chi connectivity index (χ2v) is 16.7. The normalized spacial score (nSPS) is 12.8. The molecule has 0 rings (SSSR count). The molecule has 0 aliphatic carbocycles. The molecule has 9 heteroatoms. The number of hydrogen-bond donors (Lipinski definition) is 0. The van der Waals surface area contributed by atoms with E-state index in [0.717, 1.165) is 51.4 Å². The number of likely N-dealkylation sites (N-methyl/N-ethyl adjacent to an activating group) is 1. The minimum atomic E-state index is -1.61. The van der Waals surface area contributed by atoms with E-state index in [1.54, 1.807) is 0 Å². The minimum Gasteiger partial charge on any atom is -0.545 e. The highest BCUT2D eigenvalue weighted by atomic mass is 16.7. The van der Waals surface area contributed by atoms with Gasteiger partial charge in [-0.15, -0.1) is 0 Å². The van der Waals surface area contributed by atoms with Crippen LogP contribution in [0.15, 0.2) is 0 Å². The van der Waals surface area contributed by atoms with Crippen LogP contribution in [-0.4, -0.2) is 82.3 Å². The molecule has 2 atom stereocenters. The van der Waals surface area contributed by atoms with Gasteiger partial charge in [0.2, 0.25) is 0 Å². The van der Waals surface area contributed by atoms with Crippen molar-refractivity contribution in [2.45, 2.75) is 225 Å². The fourth-order valence-electron chi connectivity index (χ4n) is 6.54. The number of aliphatic carboxylic acids is 1. The van der Waals surface area contributed by atoms with Crippen molar-refractivity contribution in [2.24, 2.45) is 0 Å². The number of esters is 2. The van der Waals surface area contributed by atoms with Crippen LogP contribution in [-0.2, 0) is 33.3 Å². The van der Waals surface area contributed by atoms with Gasteiger partial charge in [0.25, 0.3) is 0 Å². The lowest BCUT2D eigenvalue weighted by molar-refractivity contribution is -0.870. The van der Waals surface area contributed by atoms with Crippen LogP contribution < -0.4 is 5.11 Å². The van der Waals surface area contributed by atoms with E-state index < -0.39 is 24.3 Å². The van der Waals surface area contributed by atoms with Crippen molar-refractivity contribution in [3.8, 4) is 0 Å². The zero-order valence-electron chi connectivity index (χ0n) is 36.1. The van der Waals surface area contributed by atoms with E-state index in [4.69, 9.17) is 18.9 Å². The largest absolute Gasteiger partial charge is 0.545 e. The smallest absolute Gasteiger partial charge is 0.306 e. The maximum atomic E-state index is 12.7. The van der Waals surface area contributed by atoms with E-state index >= 15 is 0 Å². The number of quaternary nitrogens is 1. The summed E-state index contributed by atoms with van der Waals surface area (Å²) in [5.41, 5.74) is 0. The molecule has 0 saturated heterocycles. The van der Waals surface area contributed by atoms with Crippen molar-refractivity contribution in [1.29, 1.82) is 0 Å². The Hall–Kier alpha value is -1.71. The number of hydrogen-bond acceptors (Lipinski definition) is 8. The Kier molecular flexibility index (Phi) is 37.0. The van der Waals surface area contributed by atoms with Gasteiger partial charge in [0, 0.05) is 12.8 Å². The number of carbonyl (C=O) groups is 3. The van der Waals surface area contributed by atoms with Gasteiger partial charge in [-0.05, 0) is 12.8 Å². The molecule has 0 spiro atoms. The molecule has 0 aliphatic heterocycles. The van der Waals surface area contributed by atoms with Crippen LogP contribution in [0.3, 0.4) is 0 Å². The predicted octanol–water partition coefficient (Wildman–Crippen LogP) is 10.4. The molecular weight excluding hydrogens is 682 g/mol. The Morgan fingerprint density at radius 1 is 0.481 bits per heavy atom. The van der Waals surface area contributed by atoms with Gasteiger partial charge in [0.05, 0.1) is 40.3 Å². The molecule has 0 aromatic carbocycles. The third kappa shape index (κ3) is 38.6. The van der Waals surface area contributed by atoms with Gasteiger partial charge in [-0.2, -0.15) is 0 Å². The monoisotopic (exact) mass is 770 g/mol. The summed E-state index contributed by atoms with van der Waals surface area (Å²) >= 11 is 0. The first-order valence-corrected chi connectivity index (χ1v) is 22.7. The molecule has 0 bridgehead atoms. The molecule has 0 N–H and O–H groups in total. The molecule has 0 amide bonds. The lowest BCUT2D eigenvalue weighted by atomic mass is 10.0. The lowest BCUT2D eigenvalue weighted by Gasteiger charge is -2.26. The van der Waals surface area contributed by atoms with Gasteiger partial charge in [0.1, 0.15) is 13.2 Å². The molecule has 320 valence electrons. The first kappa shape index (κ1) is 52.3. The molecule has 0 heterocycles. The number of nitrogens with zero attached hydrogens (tertiary/aromatic N) is 1. The lowest BCUT2D eigenvalue weighted by Crippen LogP contribution is -2.44. The summed E-state index contributed by atoms with van der Waals surface area (Å²) in [4.78, 5) is 36.6. The average Bonchev–Trinajstić information content (AvgIpc) is 3.12. The van der Waals surface area contributed by atoms with Gasteiger partial charge in [-0.1, -0.05) is 187 Å². The van der Waals surface area contributed by atoms with Gasteiger partial charge in [-0.25, -0.2) is 0 Å². The van der Waals surface area contributed by atoms with Gasteiger partial charge < -0.3 is 33.3 Å². The SMILES string of the molecule is CCCCCCCCCCCCCCCCCCCCCCCCCCC(=O)OC(COC(=O)CCCCCCC)COC(OCC[N+](C)(C)C)C(=O)[O-]. The highest BCUT2D eigenvalue weighted by molar-refractivity contribution is 5.70. The maximum Gasteiger partial charge on any atom is 0.306 e. The number of ether oxygens (including phenoxy) is 4. The minimum absolute atomic E-state index is 0.152. The predicted molar refractivity (Wildman–Crippen MR) is 219 cm³/mol. The number of carboxylic acids is 1. The van der Waals surface area contributed by atoms with Crippen molar-refractivity contribution in [3.05, 3.63) is 0 Å². The zero-order valence-corrected chi connectivity index (χ0v) is 36.1. The summed E-state index contributed by atoms with van der Waals surface area (Å²) < 4.78 is 22.4. The van der Waals surface area contributed by atoms with E-state index in [2.05, 4.69) is 13.8 Å². The van der Waals surface area contributed by atoms with Crippen LogP contribution >= 0.6 is 0 Å². The van der Waals surface area contributed by atoms with E-state index in [1.807, 2.05) is 21.1 Å². The first-order valence-electron chi connectivity index (χ1n) is 22.7. The van der Waals surface area contributed by atoms with Crippen LogP contribution in [0.25, 0.3) is 0 Å². The number of carbonyl (C=O) groups excluding carboxylic acids is 3.